The van der Waals surface area contributed by atoms with Crippen molar-refractivity contribution in [1.82, 2.24) is 4.98 Å². The number of aliphatic hydroxyl groups is 1. The molecule has 1 heterocycles. The van der Waals surface area contributed by atoms with E-state index in [1.54, 1.807) is 13.3 Å². The summed E-state index contributed by atoms with van der Waals surface area (Å²) in [5, 5.41) is 19.6. The Balaban J connectivity index is 2.07. The predicted octanol–water partition coefficient (Wildman–Crippen LogP) is 4.23. The van der Waals surface area contributed by atoms with Crippen LogP contribution in [0, 0.1) is 6.92 Å². The molecule has 0 aliphatic rings. The number of methoxy groups -OCH3 is 1. The minimum atomic E-state index is -0.863. The van der Waals surface area contributed by atoms with E-state index in [4.69, 9.17) is 4.74 Å². The van der Waals surface area contributed by atoms with Gasteiger partial charge in [0.2, 0.25) is 0 Å². The summed E-state index contributed by atoms with van der Waals surface area (Å²) in [7, 11) is 1.60. The van der Waals surface area contributed by atoms with Crippen molar-refractivity contribution in [3.05, 3.63) is 69.7 Å². The van der Waals surface area contributed by atoms with E-state index in [9.17, 15) is 15.0 Å². The normalized spacial score (nSPS) is 12.0. The molecule has 0 radical (unpaired) electrons. The zero-order valence-electron chi connectivity index (χ0n) is 15.2. The van der Waals surface area contributed by atoms with Gasteiger partial charge in [-0.15, -0.1) is 11.3 Å². The number of carboxylic acid groups (broad SMARTS) is 1. The molecular weight excluding hydrogens is 362 g/mol. The number of aliphatic hydroxyl groups excluding tert-OH is 1. The molecule has 140 valence electrons. The van der Waals surface area contributed by atoms with Crippen LogP contribution in [-0.4, -0.2) is 28.3 Å². The van der Waals surface area contributed by atoms with Crippen molar-refractivity contribution in [2.45, 2.75) is 25.9 Å². The van der Waals surface area contributed by atoms with Crippen LogP contribution in [0.4, 0.5) is 0 Å². The average molecular weight is 383 g/mol. The summed E-state index contributed by atoms with van der Waals surface area (Å²) < 4.78 is 5.47. The maximum atomic E-state index is 11.4. The van der Waals surface area contributed by atoms with Crippen LogP contribution >= 0.6 is 11.3 Å². The molecule has 0 bridgehead atoms. The SMILES string of the molecule is COc1ccc(CO)cc1-c1cccc(C(CC(=O)O)c2ncc(C)s2)c1. The van der Waals surface area contributed by atoms with Crippen molar-refractivity contribution >= 4 is 17.3 Å². The molecule has 2 aromatic carbocycles. The monoisotopic (exact) mass is 383 g/mol. The first-order chi connectivity index (χ1) is 13.0. The fourth-order valence-corrected chi connectivity index (χ4v) is 3.96. The molecule has 3 rings (SSSR count). The number of aryl methyl sites for hydroxylation is 1. The summed E-state index contributed by atoms with van der Waals surface area (Å²) in [6.45, 7) is 1.90. The molecule has 0 spiro atoms. The second-order valence-corrected chi connectivity index (χ2v) is 7.54. The Labute approximate surface area is 161 Å². The van der Waals surface area contributed by atoms with E-state index in [1.807, 2.05) is 49.4 Å². The van der Waals surface area contributed by atoms with Crippen LogP contribution in [0.25, 0.3) is 11.1 Å². The second kappa shape index (κ2) is 8.33. The van der Waals surface area contributed by atoms with Gasteiger partial charge in [0.05, 0.1) is 20.1 Å². The van der Waals surface area contributed by atoms with Gasteiger partial charge < -0.3 is 14.9 Å². The lowest BCUT2D eigenvalue weighted by atomic mass is 9.92. The Bertz CT molecular complexity index is 951. The molecule has 27 heavy (non-hydrogen) atoms. The number of ether oxygens (including phenoxy) is 1. The number of aliphatic carboxylic acids is 1. The third-order valence-corrected chi connectivity index (χ3v) is 5.39. The third-order valence-electron chi connectivity index (χ3n) is 4.36. The number of benzene rings is 2. The maximum absolute atomic E-state index is 11.4. The van der Waals surface area contributed by atoms with E-state index in [-0.39, 0.29) is 18.9 Å². The molecule has 1 atom stereocenters. The third kappa shape index (κ3) is 4.35. The van der Waals surface area contributed by atoms with Gasteiger partial charge in [0.1, 0.15) is 10.8 Å². The van der Waals surface area contributed by atoms with Gasteiger partial charge in [-0.3, -0.25) is 4.79 Å². The first-order valence-electron chi connectivity index (χ1n) is 8.54. The zero-order valence-corrected chi connectivity index (χ0v) is 16.0. The van der Waals surface area contributed by atoms with Crippen molar-refractivity contribution in [1.29, 1.82) is 0 Å². The van der Waals surface area contributed by atoms with Crippen LogP contribution in [0.1, 0.15) is 33.4 Å². The van der Waals surface area contributed by atoms with Crippen molar-refractivity contribution < 1.29 is 19.7 Å². The lowest BCUT2D eigenvalue weighted by Crippen LogP contribution is -2.08. The van der Waals surface area contributed by atoms with Gasteiger partial charge in [0.25, 0.3) is 0 Å². The fraction of sp³-hybridized carbons (Fsp3) is 0.238. The smallest absolute Gasteiger partial charge is 0.304 e. The molecule has 0 saturated heterocycles. The van der Waals surface area contributed by atoms with Crippen LogP contribution in [0.2, 0.25) is 0 Å². The molecule has 2 N–H and O–H groups in total. The van der Waals surface area contributed by atoms with E-state index in [0.717, 1.165) is 32.1 Å². The average Bonchev–Trinajstić information content (AvgIpc) is 3.11. The molecule has 3 aromatic rings. The predicted molar refractivity (Wildman–Crippen MR) is 105 cm³/mol. The van der Waals surface area contributed by atoms with Gasteiger partial charge in [-0.05, 0) is 35.7 Å². The molecule has 5 nitrogen and oxygen atoms in total. The van der Waals surface area contributed by atoms with Crippen LogP contribution in [-0.2, 0) is 11.4 Å². The minimum Gasteiger partial charge on any atom is -0.496 e. The van der Waals surface area contributed by atoms with Crippen molar-refractivity contribution in [2.24, 2.45) is 0 Å². The summed E-state index contributed by atoms with van der Waals surface area (Å²) >= 11 is 1.52. The number of carboxylic acids is 1. The maximum Gasteiger partial charge on any atom is 0.304 e. The van der Waals surface area contributed by atoms with Gasteiger partial charge in [0, 0.05) is 22.6 Å². The highest BCUT2D eigenvalue weighted by Gasteiger charge is 2.22. The molecule has 0 amide bonds. The van der Waals surface area contributed by atoms with Crippen molar-refractivity contribution in [2.75, 3.05) is 7.11 Å². The number of hydrogen-bond donors (Lipinski definition) is 2. The summed E-state index contributed by atoms with van der Waals surface area (Å²) in [6, 6.07) is 13.3. The first-order valence-corrected chi connectivity index (χ1v) is 9.35. The molecular formula is C21H21NO4S. The molecule has 1 aromatic heterocycles. The summed E-state index contributed by atoms with van der Waals surface area (Å²) in [6.07, 6.45) is 1.75. The Morgan fingerprint density at radius 2 is 2.07 bits per heavy atom. The van der Waals surface area contributed by atoms with E-state index in [2.05, 4.69) is 4.98 Å². The second-order valence-electron chi connectivity index (χ2n) is 6.28. The summed E-state index contributed by atoms with van der Waals surface area (Å²) in [5.41, 5.74) is 3.44. The van der Waals surface area contributed by atoms with Crippen LogP contribution in [0.15, 0.2) is 48.7 Å². The Hall–Kier alpha value is -2.70. The van der Waals surface area contributed by atoms with E-state index >= 15 is 0 Å². The first kappa shape index (κ1) is 19.1. The van der Waals surface area contributed by atoms with Gasteiger partial charge in [-0.25, -0.2) is 4.98 Å². The zero-order chi connectivity index (χ0) is 19.4. The summed E-state index contributed by atoms with van der Waals surface area (Å²) in [4.78, 5) is 16.9. The van der Waals surface area contributed by atoms with Gasteiger partial charge >= 0.3 is 5.97 Å². The Kier molecular flexibility index (Phi) is 5.88. The topological polar surface area (TPSA) is 79.7 Å². The lowest BCUT2D eigenvalue weighted by Gasteiger charge is -2.16. The number of aromatic nitrogens is 1. The van der Waals surface area contributed by atoms with Crippen molar-refractivity contribution in [3.8, 4) is 16.9 Å². The minimum absolute atomic E-state index is 0.0236. The number of rotatable bonds is 7. The Morgan fingerprint density at radius 3 is 2.70 bits per heavy atom. The highest BCUT2D eigenvalue weighted by atomic mass is 32.1. The molecule has 1 unspecified atom stereocenters. The summed E-state index contributed by atoms with van der Waals surface area (Å²) in [5.74, 6) is -0.476. The fourth-order valence-electron chi connectivity index (χ4n) is 3.06. The quantitative estimate of drug-likeness (QED) is 0.638. The van der Waals surface area contributed by atoms with Crippen LogP contribution in [0.3, 0.4) is 0 Å². The van der Waals surface area contributed by atoms with Gasteiger partial charge in [0.15, 0.2) is 0 Å². The Morgan fingerprint density at radius 1 is 1.26 bits per heavy atom. The number of carbonyl (C=O) groups is 1. The van der Waals surface area contributed by atoms with E-state index in [1.165, 1.54) is 11.3 Å². The molecule has 6 heteroatoms. The highest BCUT2D eigenvalue weighted by Crippen LogP contribution is 2.36. The van der Waals surface area contributed by atoms with Gasteiger partial charge in [-0.1, -0.05) is 30.3 Å². The molecule has 0 aliphatic carbocycles. The largest absolute Gasteiger partial charge is 0.496 e. The number of thiazole rings is 1. The molecule has 0 saturated carbocycles. The van der Waals surface area contributed by atoms with Gasteiger partial charge in [-0.2, -0.15) is 0 Å². The highest BCUT2D eigenvalue weighted by molar-refractivity contribution is 7.11. The van der Waals surface area contributed by atoms with Crippen LogP contribution < -0.4 is 4.74 Å². The number of nitrogens with zero attached hydrogens (tertiary/aromatic N) is 1. The van der Waals surface area contributed by atoms with Crippen molar-refractivity contribution in [3.63, 3.8) is 0 Å². The molecule has 0 fully saturated rings. The molecule has 0 aliphatic heterocycles. The number of hydrogen-bond acceptors (Lipinski definition) is 5. The lowest BCUT2D eigenvalue weighted by molar-refractivity contribution is -0.137. The standard InChI is InChI=1S/C21H21NO4S/c1-13-11-22-21(27-13)18(10-20(24)25)16-5-3-4-15(9-16)17-8-14(12-23)6-7-19(17)26-2/h3-9,11,18,23H,10,12H2,1-2H3,(H,24,25). The van der Waals surface area contributed by atoms with E-state index < -0.39 is 5.97 Å². The van der Waals surface area contributed by atoms with Crippen LogP contribution in [0.5, 0.6) is 5.75 Å². The van der Waals surface area contributed by atoms with E-state index in [0.29, 0.717) is 5.75 Å².